The highest BCUT2D eigenvalue weighted by Crippen LogP contribution is 2.28. The Labute approximate surface area is 88.9 Å². The Kier molecular flexibility index (Phi) is 2.38. The second-order valence-corrected chi connectivity index (χ2v) is 3.24. The summed E-state index contributed by atoms with van der Waals surface area (Å²) in [6.07, 6.45) is -4.70. The van der Waals surface area contributed by atoms with E-state index in [1.807, 2.05) is 0 Å². The molecule has 0 aromatic heterocycles. The maximum absolute atomic E-state index is 11.9. The van der Waals surface area contributed by atoms with Crippen LogP contribution in [0.2, 0.25) is 0 Å². The lowest BCUT2D eigenvalue weighted by molar-refractivity contribution is -0.274. The molecule has 0 bridgehead atoms. The Morgan fingerprint density at radius 3 is 2.31 bits per heavy atom. The Morgan fingerprint density at radius 2 is 1.62 bits per heavy atom. The number of halogens is 3. The molecule has 0 atom stereocenters. The van der Waals surface area contributed by atoms with Gasteiger partial charge in [-0.05, 0) is 35.0 Å². The molecule has 5 heteroatoms. The van der Waals surface area contributed by atoms with E-state index in [1.54, 1.807) is 6.07 Å². The summed E-state index contributed by atoms with van der Waals surface area (Å²) in [7, 11) is 0. The van der Waals surface area contributed by atoms with Gasteiger partial charge in [-0.2, -0.15) is 0 Å². The number of aromatic hydroxyl groups is 1. The molecule has 0 aliphatic heterocycles. The van der Waals surface area contributed by atoms with Crippen molar-refractivity contribution in [2.45, 2.75) is 6.36 Å². The number of benzene rings is 2. The van der Waals surface area contributed by atoms with Crippen molar-refractivity contribution < 1.29 is 23.0 Å². The molecule has 2 nitrogen and oxygen atoms in total. The average Bonchev–Trinajstić information content (AvgIpc) is 2.14. The lowest BCUT2D eigenvalue weighted by atomic mass is 10.1. The molecular formula is C11H7F3O2. The van der Waals surface area contributed by atoms with E-state index in [0.717, 1.165) is 5.39 Å². The number of ether oxygens (including phenoxy) is 1. The molecule has 0 radical (unpaired) electrons. The van der Waals surface area contributed by atoms with Gasteiger partial charge in [0.2, 0.25) is 0 Å². The zero-order chi connectivity index (χ0) is 11.8. The summed E-state index contributed by atoms with van der Waals surface area (Å²) in [5.74, 6) is -0.303. The normalized spacial score (nSPS) is 11.7. The number of phenolic OH excluding ortho intramolecular Hbond substituents is 1. The van der Waals surface area contributed by atoms with E-state index in [2.05, 4.69) is 4.74 Å². The van der Waals surface area contributed by atoms with Gasteiger partial charge in [0.1, 0.15) is 11.5 Å². The first-order valence-corrected chi connectivity index (χ1v) is 4.42. The first-order valence-electron chi connectivity index (χ1n) is 4.42. The van der Waals surface area contributed by atoms with Gasteiger partial charge >= 0.3 is 6.36 Å². The maximum Gasteiger partial charge on any atom is 0.573 e. The van der Waals surface area contributed by atoms with Crippen molar-refractivity contribution in [1.82, 2.24) is 0 Å². The van der Waals surface area contributed by atoms with Crippen LogP contribution in [0.1, 0.15) is 0 Å². The summed E-state index contributed by atoms with van der Waals surface area (Å²) in [5, 5.41) is 10.4. The van der Waals surface area contributed by atoms with Crippen LogP contribution in [0.3, 0.4) is 0 Å². The predicted molar refractivity (Wildman–Crippen MR) is 52.3 cm³/mol. The Balaban J connectivity index is 2.43. The van der Waals surface area contributed by atoms with Gasteiger partial charge in [0.25, 0.3) is 0 Å². The molecule has 2 aromatic carbocycles. The molecule has 1 N–H and O–H groups in total. The average molecular weight is 228 g/mol. The van der Waals surface area contributed by atoms with E-state index in [1.165, 1.54) is 30.3 Å². The Morgan fingerprint density at radius 1 is 0.938 bits per heavy atom. The van der Waals surface area contributed by atoms with Crippen molar-refractivity contribution in [3.8, 4) is 11.5 Å². The molecule has 0 fully saturated rings. The van der Waals surface area contributed by atoms with Gasteiger partial charge in [-0.1, -0.05) is 12.1 Å². The standard InChI is InChI=1S/C11H7F3O2/c12-11(13,14)16-10-4-2-7-1-3-9(15)5-8(7)6-10/h1-6,15H. The van der Waals surface area contributed by atoms with Gasteiger partial charge in [0.05, 0.1) is 0 Å². The minimum atomic E-state index is -4.70. The fraction of sp³-hybridized carbons (Fsp3) is 0.0909. The Bertz CT molecular complexity index is 520. The fourth-order valence-electron chi connectivity index (χ4n) is 1.41. The second-order valence-electron chi connectivity index (χ2n) is 3.24. The van der Waals surface area contributed by atoms with E-state index < -0.39 is 6.36 Å². The topological polar surface area (TPSA) is 29.5 Å². The lowest BCUT2D eigenvalue weighted by Gasteiger charge is -2.09. The van der Waals surface area contributed by atoms with E-state index >= 15 is 0 Å². The molecular weight excluding hydrogens is 221 g/mol. The van der Waals surface area contributed by atoms with Gasteiger partial charge in [0.15, 0.2) is 0 Å². The molecule has 0 aliphatic rings. The number of rotatable bonds is 1. The molecule has 0 amide bonds. The SMILES string of the molecule is Oc1ccc2ccc(OC(F)(F)F)cc2c1. The third kappa shape index (κ3) is 2.36. The monoisotopic (exact) mass is 228 g/mol. The molecule has 0 saturated heterocycles. The van der Waals surface area contributed by atoms with E-state index in [4.69, 9.17) is 0 Å². The summed E-state index contributed by atoms with van der Waals surface area (Å²) in [5.41, 5.74) is 0. The van der Waals surface area contributed by atoms with Crippen LogP contribution in [0.15, 0.2) is 36.4 Å². The number of alkyl halides is 3. The molecule has 0 saturated carbocycles. The number of phenols is 1. The van der Waals surface area contributed by atoms with Crippen LogP contribution in [-0.2, 0) is 0 Å². The summed E-state index contributed by atoms with van der Waals surface area (Å²) in [4.78, 5) is 0. The molecule has 2 aromatic rings. The first kappa shape index (κ1) is 10.6. The molecule has 0 heterocycles. The summed E-state index contributed by atoms with van der Waals surface area (Å²) in [6.45, 7) is 0. The largest absolute Gasteiger partial charge is 0.573 e. The molecule has 2 rings (SSSR count). The zero-order valence-corrected chi connectivity index (χ0v) is 7.95. The highest BCUT2D eigenvalue weighted by molar-refractivity contribution is 5.85. The van der Waals surface area contributed by atoms with Crippen LogP contribution < -0.4 is 4.74 Å². The molecule has 84 valence electrons. The summed E-state index contributed by atoms with van der Waals surface area (Å²) in [6, 6.07) is 8.40. The van der Waals surface area contributed by atoms with Crippen molar-refractivity contribution in [2.75, 3.05) is 0 Å². The fourth-order valence-corrected chi connectivity index (χ4v) is 1.41. The van der Waals surface area contributed by atoms with Gasteiger partial charge in [-0.3, -0.25) is 0 Å². The molecule has 0 spiro atoms. The van der Waals surface area contributed by atoms with Crippen molar-refractivity contribution in [2.24, 2.45) is 0 Å². The van der Waals surface area contributed by atoms with Crippen LogP contribution in [0, 0.1) is 0 Å². The van der Waals surface area contributed by atoms with Crippen LogP contribution >= 0.6 is 0 Å². The third-order valence-electron chi connectivity index (χ3n) is 2.03. The number of fused-ring (bicyclic) bond motifs is 1. The minimum absolute atomic E-state index is 0.00309. The maximum atomic E-state index is 11.9. The van der Waals surface area contributed by atoms with Crippen molar-refractivity contribution in [3.05, 3.63) is 36.4 Å². The van der Waals surface area contributed by atoms with Gasteiger partial charge in [0, 0.05) is 0 Å². The lowest BCUT2D eigenvalue weighted by Crippen LogP contribution is -2.16. The quantitative estimate of drug-likeness (QED) is 0.810. The van der Waals surface area contributed by atoms with Crippen LogP contribution in [0.25, 0.3) is 10.8 Å². The predicted octanol–water partition coefficient (Wildman–Crippen LogP) is 3.44. The van der Waals surface area contributed by atoms with Crippen molar-refractivity contribution in [1.29, 1.82) is 0 Å². The zero-order valence-electron chi connectivity index (χ0n) is 7.95. The van der Waals surface area contributed by atoms with Crippen LogP contribution in [0.5, 0.6) is 11.5 Å². The minimum Gasteiger partial charge on any atom is -0.508 e. The van der Waals surface area contributed by atoms with Crippen LogP contribution in [0.4, 0.5) is 13.2 Å². The van der Waals surface area contributed by atoms with Crippen molar-refractivity contribution in [3.63, 3.8) is 0 Å². The summed E-state index contributed by atoms with van der Waals surface area (Å²) < 4.78 is 39.6. The van der Waals surface area contributed by atoms with Gasteiger partial charge in [-0.15, -0.1) is 13.2 Å². The van der Waals surface area contributed by atoms with E-state index in [-0.39, 0.29) is 11.5 Å². The molecule has 0 unspecified atom stereocenters. The van der Waals surface area contributed by atoms with Crippen molar-refractivity contribution >= 4 is 10.8 Å². The van der Waals surface area contributed by atoms with Gasteiger partial charge in [-0.25, -0.2) is 0 Å². The third-order valence-corrected chi connectivity index (χ3v) is 2.03. The Hall–Kier alpha value is -1.91. The highest BCUT2D eigenvalue weighted by atomic mass is 19.4. The highest BCUT2D eigenvalue weighted by Gasteiger charge is 2.31. The molecule has 16 heavy (non-hydrogen) atoms. The smallest absolute Gasteiger partial charge is 0.508 e. The van der Waals surface area contributed by atoms with E-state index in [0.29, 0.717) is 5.39 Å². The van der Waals surface area contributed by atoms with E-state index in [9.17, 15) is 18.3 Å². The first-order chi connectivity index (χ1) is 7.44. The molecule has 0 aliphatic carbocycles. The van der Waals surface area contributed by atoms with Crippen LogP contribution in [-0.4, -0.2) is 11.5 Å². The van der Waals surface area contributed by atoms with Gasteiger partial charge < -0.3 is 9.84 Å². The summed E-state index contributed by atoms with van der Waals surface area (Å²) >= 11 is 0. The number of hydrogen-bond donors (Lipinski definition) is 1. The second kappa shape index (κ2) is 3.59. The number of hydrogen-bond acceptors (Lipinski definition) is 2.